The first kappa shape index (κ1) is 14.0. The quantitative estimate of drug-likeness (QED) is 0.929. The summed E-state index contributed by atoms with van der Waals surface area (Å²) in [6, 6.07) is 3.21. The number of ether oxygens (including phenoxy) is 1. The number of hydrogen-bond donors (Lipinski definition) is 1. The van der Waals surface area contributed by atoms with E-state index in [1.54, 1.807) is 26.0 Å². The highest BCUT2D eigenvalue weighted by Crippen LogP contribution is 2.33. The van der Waals surface area contributed by atoms with Crippen molar-refractivity contribution in [1.29, 1.82) is 0 Å². The Morgan fingerprint density at radius 1 is 1.53 bits per heavy atom. The van der Waals surface area contributed by atoms with Crippen molar-refractivity contribution in [2.24, 2.45) is 5.41 Å². The number of hydrogen-bond acceptors (Lipinski definition) is 2. The fraction of sp³-hybridized carbons (Fsp3) is 0.417. The van der Waals surface area contributed by atoms with Gasteiger partial charge in [-0.2, -0.15) is 0 Å². The highest BCUT2D eigenvalue weighted by Gasteiger charge is 2.29. The molecule has 0 aliphatic carbocycles. The Hall–Kier alpha value is -1.10. The third kappa shape index (κ3) is 2.97. The lowest BCUT2D eigenvalue weighted by molar-refractivity contribution is -0.146. The average molecular weight is 305 g/mol. The van der Waals surface area contributed by atoms with E-state index >= 15 is 0 Å². The van der Waals surface area contributed by atoms with Crippen molar-refractivity contribution < 1.29 is 19.0 Å². The van der Waals surface area contributed by atoms with Gasteiger partial charge >= 0.3 is 5.97 Å². The van der Waals surface area contributed by atoms with E-state index in [0.717, 1.165) is 0 Å². The third-order valence-corrected chi connectivity index (χ3v) is 3.16. The number of carboxylic acids is 1. The maximum atomic E-state index is 13.7. The van der Waals surface area contributed by atoms with Gasteiger partial charge in [0.05, 0.1) is 17.0 Å². The molecule has 94 valence electrons. The topological polar surface area (TPSA) is 46.5 Å². The van der Waals surface area contributed by atoms with Gasteiger partial charge in [-0.25, -0.2) is 4.39 Å². The third-order valence-electron chi connectivity index (χ3n) is 2.55. The molecule has 0 saturated heterocycles. The van der Waals surface area contributed by atoms with Gasteiger partial charge in [0.25, 0.3) is 0 Å². The predicted octanol–water partition coefficient (Wildman–Crippen LogP) is 3.25. The van der Waals surface area contributed by atoms with Crippen LogP contribution in [0.4, 0.5) is 4.39 Å². The van der Waals surface area contributed by atoms with Crippen molar-refractivity contribution in [2.45, 2.75) is 20.3 Å². The summed E-state index contributed by atoms with van der Waals surface area (Å²) in [5.41, 5.74) is -0.423. The SMILES string of the molecule is COc1c(CC(C)(C)C(=O)O)ccc(Br)c1F. The molecule has 0 aromatic heterocycles. The Morgan fingerprint density at radius 2 is 2.12 bits per heavy atom. The number of aliphatic carboxylic acids is 1. The van der Waals surface area contributed by atoms with Crippen LogP contribution in [-0.4, -0.2) is 18.2 Å². The predicted molar refractivity (Wildman–Crippen MR) is 65.8 cm³/mol. The van der Waals surface area contributed by atoms with Gasteiger partial charge in [-0.15, -0.1) is 0 Å². The van der Waals surface area contributed by atoms with Gasteiger partial charge in [-0.05, 0) is 47.8 Å². The van der Waals surface area contributed by atoms with E-state index in [2.05, 4.69) is 15.9 Å². The second-order valence-corrected chi connectivity index (χ2v) is 5.27. The maximum Gasteiger partial charge on any atom is 0.309 e. The number of rotatable bonds is 4. The van der Waals surface area contributed by atoms with Crippen LogP contribution < -0.4 is 4.74 Å². The van der Waals surface area contributed by atoms with Gasteiger partial charge in [-0.3, -0.25) is 4.79 Å². The molecule has 1 rings (SSSR count). The zero-order valence-electron chi connectivity index (χ0n) is 9.88. The van der Waals surface area contributed by atoms with Crippen LogP contribution in [0.1, 0.15) is 19.4 Å². The molecular formula is C12H14BrFO3. The molecule has 5 heteroatoms. The largest absolute Gasteiger partial charge is 0.493 e. The maximum absolute atomic E-state index is 13.7. The highest BCUT2D eigenvalue weighted by atomic mass is 79.9. The van der Waals surface area contributed by atoms with Crippen LogP contribution in [0.15, 0.2) is 16.6 Å². The van der Waals surface area contributed by atoms with Crippen LogP contribution in [0.5, 0.6) is 5.75 Å². The summed E-state index contributed by atoms with van der Waals surface area (Å²) in [5, 5.41) is 9.05. The summed E-state index contributed by atoms with van der Waals surface area (Å²) in [4.78, 5) is 11.0. The molecule has 1 aromatic carbocycles. The molecule has 0 atom stereocenters. The Balaban J connectivity index is 3.16. The lowest BCUT2D eigenvalue weighted by Crippen LogP contribution is -2.26. The highest BCUT2D eigenvalue weighted by molar-refractivity contribution is 9.10. The molecule has 0 bridgehead atoms. The van der Waals surface area contributed by atoms with Crippen molar-refractivity contribution in [1.82, 2.24) is 0 Å². The number of carbonyl (C=O) groups is 1. The second kappa shape index (κ2) is 5.04. The molecule has 17 heavy (non-hydrogen) atoms. The molecule has 1 N–H and O–H groups in total. The van der Waals surface area contributed by atoms with E-state index in [1.165, 1.54) is 7.11 Å². The van der Waals surface area contributed by atoms with Crippen LogP contribution in [0.2, 0.25) is 0 Å². The van der Waals surface area contributed by atoms with Gasteiger partial charge in [0, 0.05) is 0 Å². The Labute approximate surface area is 108 Å². The van der Waals surface area contributed by atoms with Gasteiger partial charge in [0.15, 0.2) is 11.6 Å². The van der Waals surface area contributed by atoms with Crippen molar-refractivity contribution in [2.75, 3.05) is 7.11 Å². The lowest BCUT2D eigenvalue weighted by atomic mass is 9.85. The molecule has 0 aliphatic heterocycles. The summed E-state index contributed by atoms with van der Waals surface area (Å²) in [6.07, 6.45) is 0.204. The number of halogens is 2. The molecule has 0 saturated carbocycles. The van der Waals surface area contributed by atoms with E-state index in [9.17, 15) is 9.18 Å². The van der Waals surface area contributed by atoms with Crippen molar-refractivity contribution >= 4 is 21.9 Å². The minimum atomic E-state index is -0.965. The zero-order valence-corrected chi connectivity index (χ0v) is 11.5. The number of carboxylic acid groups (broad SMARTS) is 1. The van der Waals surface area contributed by atoms with Crippen LogP contribution in [0.3, 0.4) is 0 Å². The van der Waals surface area contributed by atoms with E-state index < -0.39 is 17.2 Å². The molecule has 0 aliphatic rings. The normalized spacial score (nSPS) is 11.4. The first-order valence-corrected chi connectivity index (χ1v) is 5.83. The van der Waals surface area contributed by atoms with Crippen LogP contribution in [0, 0.1) is 11.2 Å². The monoisotopic (exact) mass is 304 g/mol. The molecule has 0 fully saturated rings. The second-order valence-electron chi connectivity index (χ2n) is 4.42. The smallest absolute Gasteiger partial charge is 0.309 e. The van der Waals surface area contributed by atoms with E-state index in [1.807, 2.05) is 0 Å². The zero-order chi connectivity index (χ0) is 13.2. The first-order valence-electron chi connectivity index (χ1n) is 5.04. The molecule has 1 aromatic rings. The van der Waals surface area contributed by atoms with Gasteiger partial charge in [0.2, 0.25) is 0 Å². The minimum Gasteiger partial charge on any atom is -0.493 e. The van der Waals surface area contributed by atoms with E-state index in [4.69, 9.17) is 9.84 Å². The molecule has 3 nitrogen and oxygen atoms in total. The Bertz CT molecular complexity index is 444. The van der Waals surface area contributed by atoms with E-state index in [0.29, 0.717) is 10.0 Å². The Morgan fingerprint density at radius 3 is 2.59 bits per heavy atom. The van der Waals surface area contributed by atoms with Gasteiger partial charge in [-0.1, -0.05) is 6.07 Å². The van der Waals surface area contributed by atoms with Gasteiger partial charge < -0.3 is 9.84 Å². The molecule has 0 amide bonds. The summed E-state index contributed by atoms with van der Waals surface area (Å²) >= 11 is 3.06. The standard InChI is InChI=1S/C12H14BrFO3/c1-12(2,11(15)16)6-7-4-5-8(13)9(14)10(7)17-3/h4-5H,6H2,1-3H3,(H,15,16). The first-order chi connectivity index (χ1) is 7.79. The molecule has 0 spiro atoms. The van der Waals surface area contributed by atoms with Crippen LogP contribution in [0.25, 0.3) is 0 Å². The lowest BCUT2D eigenvalue weighted by Gasteiger charge is -2.20. The minimum absolute atomic E-state index is 0.0914. The van der Waals surface area contributed by atoms with Gasteiger partial charge in [0.1, 0.15) is 0 Å². The van der Waals surface area contributed by atoms with Crippen molar-refractivity contribution in [3.05, 3.63) is 28.0 Å². The van der Waals surface area contributed by atoms with Crippen LogP contribution in [-0.2, 0) is 11.2 Å². The number of methoxy groups -OCH3 is 1. The molecule has 0 unspecified atom stereocenters. The van der Waals surface area contributed by atoms with E-state index in [-0.39, 0.29) is 12.2 Å². The summed E-state index contributed by atoms with van der Waals surface area (Å²) in [7, 11) is 1.36. The molecule has 0 heterocycles. The molecular weight excluding hydrogens is 291 g/mol. The van der Waals surface area contributed by atoms with Crippen LogP contribution >= 0.6 is 15.9 Å². The summed E-state index contributed by atoms with van der Waals surface area (Å²) < 4.78 is 19.0. The molecule has 0 radical (unpaired) electrons. The fourth-order valence-corrected chi connectivity index (χ4v) is 1.80. The summed E-state index contributed by atoms with van der Waals surface area (Å²) in [5.74, 6) is -1.34. The average Bonchev–Trinajstić information content (AvgIpc) is 2.23. The summed E-state index contributed by atoms with van der Waals surface area (Å²) in [6.45, 7) is 3.18. The Kier molecular flexibility index (Phi) is 4.14. The number of benzene rings is 1. The van der Waals surface area contributed by atoms with Crippen molar-refractivity contribution in [3.63, 3.8) is 0 Å². The fourth-order valence-electron chi connectivity index (χ4n) is 1.48. The van der Waals surface area contributed by atoms with Crippen molar-refractivity contribution in [3.8, 4) is 5.75 Å².